The number of alkyl halides is 6. The molecule has 2 heterocycles. The van der Waals surface area contributed by atoms with Gasteiger partial charge in [-0.25, -0.2) is 0 Å². The first-order chi connectivity index (χ1) is 22.7. The molecule has 0 amide bonds. The number of hydrogen-bond acceptors (Lipinski definition) is 5. The van der Waals surface area contributed by atoms with Crippen LogP contribution in [0.3, 0.4) is 0 Å². The molecule has 0 spiro atoms. The number of rotatable bonds is 9. The Morgan fingerprint density at radius 2 is 1.52 bits per heavy atom. The molecular formula is C37H32F6N2O2S. The molecule has 1 N–H and O–H groups in total. The summed E-state index contributed by atoms with van der Waals surface area (Å²) in [4.78, 5) is 7.18. The maximum absolute atomic E-state index is 15.6. The van der Waals surface area contributed by atoms with Crippen molar-refractivity contribution < 1.29 is 35.9 Å². The highest BCUT2D eigenvalue weighted by atomic mass is 32.1. The van der Waals surface area contributed by atoms with E-state index in [-0.39, 0.29) is 39.5 Å². The number of benzene rings is 3. The van der Waals surface area contributed by atoms with Crippen LogP contribution in [-0.4, -0.2) is 42.2 Å². The summed E-state index contributed by atoms with van der Waals surface area (Å²) in [6.07, 6.45) is 1.58. The molecule has 48 heavy (non-hydrogen) atoms. The van der Waals surface area contributed by atoms with Crippen molar-refractivity contribution in [1.82, 2.24) is 0 Å². The van der Waals surface area contributed by atoms with E-state index in [0.29, 0.717) is 16.0 Å². The number of halogens is 6. The molecular weight excluding hydrogens is 650 g/mol. The zero-order valence-electron chi connectivity index (χ0n) is 26.6. The standard InChI is InChI=1S/C37H32F6N2O2S/c1-5-45(6-2)26-16-15-25(29(46)17-26)20-44-19-23-11-13-24(14-12-23)31-18-28(22(4)48-31)33-34(36(40,41)37(42,43)35(33,38)39)32-21(3)47-30-10-8-7-9-27(30)32/h7-18,20,46H,5-6,19H2,1-4H3. The van der Waals surface area contributed by atoms with Crippen LogP contribution in [-0.2, 0) is 6.54 Å². The summed E-state index contributed by atoms with van der Waals surface area (Å²) in [5.74, 6) is -16.1. The van der Waals surface area contributed by atoms with E-state index in [2.05, 4.69) is 9.89 Å². The Morgan fingerprint density at radius 1 is 0.854 bits per heavy atom. The van der Waals surface area contributed by atoms with E-state index in [1.807, 2.05) is 19.9 Å². The number of aliphatic imine (C=N–C) groups is 1. The predicted molar refractivity (Wildman–Crippen MR) is 180 cm³/mol. The molecule has 0 bridgehead atoms. The van der Waals surface area contributed by atoms with Gasteiger partial charge < -0.3 is 14.4 Å². The van der Waals surface area contributed by atoms with Crippen molar-refractivity contribution >= 4 is 45.4 Å². The van der Waals surface area contributed by atoms with Crippen LogP contribution in [0.25, 0.3) is 32.6 Å². The average molecular weight is 683 g/mol. The second kappa shape index (κ2) is 12.2. The lowest BCUT2D eigenvalue weighted by Gasteiger charge is -2.25. The monoisotopic (exact) mass is 682 g/mol. The maximum atomic E-state index is 15.6. The molecule has 1 aliphatic carbocycles. The van der Waals surface area contributed by atoms with Gasteiger partial charge >= 0.3 is 17.8 Å². The largest absolute Gasteiger partial charge is 0.507 e. The fourth-order valence-corrected chi connectivity index (χ4v) is 7.24. The maximum Gasteiger partial charge on any atom is 0.380 e. The molecule has 0 unspecified atom stereocenters. The normalized spacial score (nSPS) is 16.8. The van der Waals surface area contributed by atoms with Crippen LogP contribution >= 0.6 is 11.3 Å². The summed E-state index contributed by atoms with van der Waals surface area (Å²) in [6.45, 7) is 8.73. The van der Waals surface area contributed by atoms with E-state index in [4.69, 9.17) is 4.42 Å². The van der Waals surface area contributed by atoms with Gasteiger partial charge in [-0.2, -0.15) is 26.3 Å². The Labute approximate surface area is 277 Å². The Morgan fingerprint density at radius 3 is 2.19 bits per heavy atom. The predicted octanol–water partition coefficient (Wildman–Crippen LogP) is 10.8. The number of para-hydroxylation sites is 1. The van der Waals surface area contributed by atoms with Crippen LogP contribution in [0.15, 0.2) is 82.2 Å². The SMILES string of the molecule is CCN(CC)c1ccc(C=NCc2ccc(-c3cc(C4=C(c5c(C)oc6ccccc56)C(F)(F)C(F)(F)C4(F)F)c(C)s3)cc2)c(O)c1. The van der Waals surface area contributed by atoms with Crippen LogP contribution in [0.4, 0.5) is 32.0 Å². The zero-order valence-corrected chi connectivity index (χ0v) is 27.4. The van der Waals surface area contributed by atoms with Crippen LogP contribution in [0, 0.1) is 13.8 Å². The lowest BCUT2D eigenvalue weighted by Crippen LogP contribution is -2.48. The zero-order chi connectivity index (χ0) is 34.6. The summed E-state index contributed by atoms with van der Waals surface area (Å²) in [6, 6.07) is 19.6. The molecule has 4 nitrogen and oxygen atoms in total. The van der Waals surface area contributed by atoms with Crippen molar-refractivity contribution in [2.45, 2.75) is 52.0 Å². The summed E-state index contributed by atoms with van der Waals surface area (Å²) < 4.78 is 97.9. The molecule has 2 aromatic heterocycles. The number of aromatic hydroxyl groups is 1. The highest BCUT2D eigenvalue weighted by Gasteiger charge is 2.80. The lowest BCUT2D eigenvalue weighted by molar-refractivity contribution is -0.254. The number of furan rings is 1. The average Bonchev–Trinajstić information content (AvgIpc) is 3.62. The molecule has 250 valence electrons. The minimum atomic E-state index is -5.67. The van der Waals surface area contributed by atoms with Gasteiger partial charge in [0.15, 0.2) is 0 Å². The highest BCUT2D eigenvalue weighted by molar-refractivity contribution is 7.15. The molecule has 0 atom stereocenters. The smallest absolute Gasteiger partial charge is 0.380 e. The third-order valence-corrected chi connectivity index (χ3v) is 9.86. The Hall–Kier alpha value is -4.51. The van der Waals surface area contributed by atoms with Crippen molar-refractivity contribution in [3.63, 3.8) is 0 Å². The number of fused-ring (bicyclic) bond motifs is 1. The Kier molecular flexibility index (Phi) is 8.47. The van der Waals surface area contributed by atoms with Gasteiger partial charge in [0.25, 0.3) is 0 Å². The van der Waals surface area contributed by atoms with Gasteiger partial charge in [0.1, 0.15) is 17.1 Å². The number of allylic oxidation sites excluding steroid dienone is 2. The molecule has 0 saturated carbocycles. The summed E-state index contributed by atoms with van der Waals surface area (Å²) in [7, 11) is 0. The van der Waals surface area contributed by atoms with Crippen molar-refractivity contribution in [3.8, 4) is 16.2 Å². The first-order valence-electron chi connectivity index (χ1n) is 15.4. The van der Waals surface area contributed by atoms with E-state index in [9.17, 15) is 5.11 Å². The number of thiophene rings is 1. The number of aryl methyl sites for hydroxylation is 2. The van der Waals surface area contributed by atoms with Gasteiger partial charge in [-0.3, -0.25) is 4.99 Å². The molecule has 11 heteroatoms. The van der Waals surface area contributed by atoms with Gasteiger partial charge in [0.05, 0.1) is 6.54 Å². The number of anilines is 1. The number of phenols is 1. The molecule has 1 aliphatic rings. The number of nitrogens with zero attached hydrogens (tertiary/aromatic N) is 2. The van der Waals surface area contributed by atoms with Gasteiger partial charge in [-0.1, -0.05) is 42.5 Å². The van der Waals surface area contributed by atoms with Gasteiger partial charge in [0, 0.05) is 68.5 Å². The first-order valence-corrected chi connectivity index (χ1v) is 16.2. The van der Waals surface area contributed by atoms with E-state index in [0.717, 1.165) is 35.7 Å². The second-order valence-corrected chi connectivity index (χ2v) is 12.9. The van der Waals surface area contributed by atoms with E-state index in [1.165, 1.54) is 38.1 Å². The fourth-order valence-electron chi connectivity index (χ4n) is 6.21. The van der Waals surface area contributed by atoms with Crippen molar-refractivity contribution in [1.29, 1.82) is 0 Å². The van der Waals surface area contributed by atoms with Gasteiger partial charge in [0.2, 0.25) is 0 Å². The highest BCUT2D eigenvalue weighted by Crippen LogP contribution is 2.66. The Balaban J connectivity index is 1.32. The van der Waals surface area contributed by atoms with Crippen molar-refractivity contribution in [2.75, 3.05) is 18.0 Å². The number of phenolic OH excluding ortho intramolecular Hbond substituents is 1. The summed E-state index contributed by atoms with van der Waals surface area (Å²) >= 11 is 1.05. The van der Waals surface area contributed by atoms with Crippen LogP contribution in [0.1, 0.15) is 46.7 Å². The molecule has 0 aliphatic heterocycles. The molecule has 6 rings (SSSR count). The topological polar surface area (TPSA) is 49.0 Å². The third-order valence-electron chi connectivity index (χ3n) is 8.76. The molecule has 3 aromatic carbocycles. The third kappa shape index (κ3) is 5.28. The van der Waals surface area contributed by atoms with Crippen LogP contribution in [0.5, 0.6) is 5.75 Å². The van der Waals surface area contributed by atoms with Gasteiger partial charge in [-0.05, 0) is 68.7 Å². The quantitative estimate of drug-likeness (QED) is 0.124. The molecule has 0 fully saturated rings. The lowest BCUT2D eigenvalue weighted by atomic mass is 9.93. The van der Waals surface area contributed by atoms with E-state index >= 15 is 26.3 Å². The number of hydrogen-bond donors (Lipinski definition) is 1. The van der Waals surface area contributed by atoms with Crippen LogP contribution in [0.2, 0.25) is 0 Å². The summed E-state index contributed by atoms with van der Waals surface area (Å²) in [5, 5.41) is 10.5. The van der Waals surface area contributed by atoms with E-state index in [1.54, 1.807) is 48.7 Å². The fraction of sp³-hybridized carbons (Fsp3) is 0.270. The van der Waals surface area contributed by atoms with Crippen molar-refractivity contribution in [2.24, 2.45) is 4.99 Å². The minimum absolute atomic E-state index is 0.0499. The molecule has 5 aromatic rings. The minimum Gasteiger partial charge on any atom is -0.507 e. The van der Waals surface area contributed by atoms with Crippen LogP contribution < -0.4 is 4.90 Å². The van der Waals surface area contributed by atoms with Crippen molar-refractivity contribution in [3.05, 3.63) is 106 Å². The molecule has 0 radical (unpaired) electrons. The summed E-state index contributed by atoms with van der Waals surface area (Å²) in [5.41, 5.74) is -0.616. The molecule has 0 saturated heterocycles. The second-order valence-electron chi connectivity index (χ2n) is 11.7. The van der Waals surface area contributed by atoms with Gasteiger partial charge in [-0.15, -0.1) is 11.3 Å². The van der Waals surface area contributed by atoms with E-state index < -0.39 is 34.5 Å². The Bertz CT molecular complexity index is 2060. The first kappa shape index (κ1) is 33.4.